The van der Waals surface area contributed by atoms with E-state index >= 15 is 0 Å². The van der Waals surface area contributed by atoms with Crippen molar-refractivity contribution < 1.29 is 14.7 Å². The van der Waals surface area contributed by atoms with E-state index in [1.54, 1.807) is 17.4 Å². The van der Waals surface area contributed by atoms with Gasteiger partial charge in [-0.05, 0) is 6.08 Å². The van der Waals surface area contributed by atoms with Gasteiger partial charge < -0.3 is 10.0 Å². The van der Waals surface area contributed by atoms with Gasteiger partial charge in [0.05, 0.1) is 10.6 Å². The number of thiazole rings is 1. The number of carbonyl (C=O) groups excluding carboxylic acids is 1. The summed E-state index contributed by atoms with van der Waals surface area (Å²) in [5.41, 5.74) is 0.707. The van der Waals surface area contributed by atoms with Crippen molar-refractivity contribution >= 4 is 74.5 Å². The molecule has 0 spiro atoms. The van der Waals surface area contributed by atoms with Crippen LogP contribution < -0.4 is 4.90 Å². The van der Waals surface area contributed by atoms with E-state index in [1.165, 1.54) is 0 Å². The lowest BCUT2D eigenvalue weighted by Gasteiger charge is -2.25. The number of anilines is 1. The number of rotatable bonds is 4. The lowest BCUT2D eigenvalue weighted by molar-refractivity contribution is -0.140. The molecule has 10 heteroatoms. The second kappa shape index (κ2) is 7.20. The molecule has 2 aliphatic heterocycles. The van der Waals surface area contributed by atoms with Crippen molar-refractivity contribution in [2.45, 2.75) is 0 Å². The van der Waals surface area contributed by atoms with E-state index in [1.807, 2.05) is 17.1 Å². The average molecular weight is 388 g/mol. The summed E-state index contributed by atoms with van der Waals surface area (Å²) < 4.78 is 0.271. The maximum absolute atomic E-state index is 12.2. The summed E-state index contributed by atoms with van der Waals surface area (Å²) in [5, 5.41) is 11.7. The molecule has 1 N–H and O–H groups in total. The van der Waals surface area contributed by atoms with Crippen LogP contribution in [0.2, 0.25) is 0 Å². The van der Waals surface area contributed by atoms with Gasteiger partial charge in [-0.1, -0.05) is 24.0 Å². The van der Waals surface area contributed by atoms with Crippen molar-refractivity contribution in [3.63, 3.8) is 0 Å². The molecule has 0 atom stereocenters. The zero-order chi connectivity index (χ0) is 16.4. The van der Waals surface area contributed by atoms with Gasteiger partial charge in [-0.3, -0.25) is 14.5 Å². The van der Waals surface area contributed by atoms with E-state index < -0.39 is 12.5 Å². The first-order chi connectivity index (χ1) is 11.0. The van der Waals surface area contributed by atoms with Gasteiger partial charge in [-0.25, -0.2) is 4.98 Å². The van der Waals surface area contributed by atoms with Gasteiger partial charge in [0, 0.05) is 30.0 Å². The van der Waals surface area contributed by atoms with Crippen LogP contribution in [0.15, 0.2) is 10.3 Å². The Labute approximate surface area is 150 Å². The van der Waals surface area contributed by atoms with Crippen molar-refractivity contribution in [1.82, 2.24) is 9.88 Å². The molecule has 0 unspecified atom stereocenters. The number of hydrogen-bond donors (Lipinski definition) is 1. The molecule has 0 radical (unpaired) electrons. The van der Waals surface area contributed by atoms with E-state index in [2.05, 4.69) is 9.88 Å². The van der Waals surface area contributed by atoms with E-state index in [9.17, 15) is 9.59 Å². The molecule has 0 aliphatic carbocycles. The summed E-state index contributed by atoms with van der Waals surface area (Å²) >= 11 is 9.68. The van der Waals surface area contributed by atoms with Gasteiger partial charge in [-0.2, -0.15) is 11.8 Å². The molecule has 3 heterocycles. The molecule has 1 aromatic rings. The fourth-order valence-electron chi connectivity index (χ4n) is 2.15. The van der Waals surface area contributed by atoms with Gasteiger partial charge in [0.25, 0.3) is 5.91 Å². The third-order valence-electron chi connectivity index (χ3n) is 3.24. The predicted octanol–water partition coefficient (Wildman–Crippen LogP) is 1.98. The maximum atomic E-state index is 12.2. The predicted molar refractivity (Wildman–Crippen MR) is 99.2 cm³/mol. The van der Waals surface area contributed by atoms with Crippen molar-refractivity contribution in [3.8, 4) is 0 Å². The van der Waals surface area contributed by atoms with E-state index in [0.29, 0.717) is 10.6 Å². The molecule has 0 saturated carbocycles. The molecule has 3 rings (SSSR count). The van der Waals surface area contributed by atoms with Crippen molar-refractivity contribution in [1.29, 1.82) is 0 Å². The molecule has 0 aromatic carbocycles. The maximum Gasteiger partial charge on any atom is 0.323 e. The first kappa shape index (κ1) is 16.7. The fraction of sp³-hybridized carbons (Fsp3) is 0.385. The number of carbonyl (C=O) groups is 2. The highest BCUT2D eigenvalue weighted by atomic mass is 32.2. The van der Waals surface area contributed by atoms with E-state index in [4.69, 9.17) is 17.3 Å². The Bertz CT molecular complexity index is 682. The van der Waals surface area contributed by atoms with Crippen LogP contribution in [0, 0.1) is 0 Å². The quantitative estimate of drug-likeness (QED) is 0.621. The number of thiocarbonyl (C=S) groups is 1. The van der Waals surface area contributed by atoms with Crippen LogP contribution in [0.3, 0.4) is 0 Å². The normalized spacial score (nSPS) is 20.6. The second-order valence-corrected chi connectivity index (χ2v) is 8.55. The Kier molecular flexibility index (Phi) is 5.24. The number of nitrogens with zero attached hydrogens (tertiary/aromatic N) is 3. The van der Waals surface area contributed by atoms with E-state index in [0.717, 1.165) is 46.4 Å². The molecule has 1 aromatic heterocycles. The number of amides is 1. The topological polar surface area (TPSA) is 73.7 Å². The molecule has 0 bridgehead atoms. The van der Waals surface area contributed by atoms with Gasteiger partial charge in [0.1, 0.15) is 10.9 Å². The minimum absolute atomic E-state index is 0.271. The summed E-state index contributed by atoms with van der Waals surface area (Å²) in [7, 11) is 0. The van der Waals surface area contributed by atoms with Crippen LogP contribution in [0.4, 0.5) is 5.13 Å². The molecular formula is C13H13N3O3S4. The number of carboxylic acids is 1. The van der Waals surface area contributed by atoms with Crippen LogP contribution in [0.1, 0.15) is 5.69 Å². The minimum Gasteiger partial charge on any atom is -0.480 e. The Balaban J connectivity index is 1.74. The van der Waals surface area contributed by atoms with Crippen LogP contribution >= 0.6 is 47.1 Å². The van der Waals surface area contributed by atoms with Crippen LogP contribution in [-0.4, -0.2) is 62.3 Å². The van der Waals surface area contributed by atoms with Gasteiger partial charge >= 0.3 is 5.97 Å². The lowest BCUT2D eigenvalue weighted by atomic mass is 10.3. The number of hydrogen-bond acceptors (Lipinski definition) is 8. The van der Waals surface area contributed by atoms with Gasteiger partial charge in [-0.15, -0.1) is 11.3 Å². The summed E-state index contributed by atoms with van der Waals surface area (Å²) in [6.45, 7) is 1.56. The van der Waals surface area contributed by atoms with Crippen molar-refractivity contribution in [2.75, 3.05) is 36.0 Å². The second-order valence-electron chi connectivity index (χ2n) is 4.82. The van der Waals surface area contributed by atoms with Crippen LogP contribution in [-0.2, 0) is 9.59 Å². The van der Waals surface area contributed by atoms with Gasteiger partial charge in [0.2, 0.25) is 0 Å². The smallest absolute Gasteiger partial charge is 0.323 e. The standard InChI is InChI=1S/C13H13N3O3S4/c17-10(18)6-16-11(19)9(23-13(16)20)5-8-7-22-12(14-8)15-1-3-21-4-2-15/h5,7H,1-4,6H2,(H,17,18)/b9-5-. The Morgan fingerprint density at radius 2 is 2.17 bits per heavy atom. The first-order valence-electron chi connectivity index (χ1n) is 6.80. The Morgan fingerprint density at radius 3 is 2.87 bits per heavy atom. The van der Waals surface area contributed by atoms with Crippen molar-refractivity contribution in [3.05, 3.63) is 16.0 Å². The third kappa shape index (κ3) is 3.87. The summed E-state index contributed by atoms with van der Waals surface area (Å²) in [4.78, 5) is 31.3. The lowest BCUT2D eigenvalue weighted by Crippen LogP contribution is -2.33. The summed E-state index contributed by atoms with van der Waals surface area (Å²) in [6, 6.07) is 0. The van der Waals surface area contributed by atoms with E-state index in [-0.39, 0.29) is 10.2 Å². The zero-order valence-corrected chi connectivity index (χ0v) is 15.2. The molecule has 6 nitrogen and oxygen atoms in total. The largest absolute Gasteiger partial charge is 0.480 e. The number of thioether (sulfide) groups is 2. The Hall–Kier alpha value is -1.10. The van der Waals surface area contributed by atoms with Gasteiger partial charge in [0.15, 0.2) is 5.13 Å². The zero-order valence-electron chi connectivity index (χ0n) is 11.9. The SMILES string of the molecule is O=C(O)CN1C(=O)/C(=C/c2csc(N3CCSCC3)n2)SC1=S. The molecular weight excluding hydrogens is 374 g/mol. The highest BCUT2D eigenvalue weighted by molar-refractivity contribution is 8.26. The summed E-state index contributed by atoms with van der Waals surface area (Å²) in [6.07, 6.45) is 1.68. The molecule has 23 heavy (non-hydrogen) atoms. The number of aliphatic carboxylic acids is 1. The summed E-state index contributed by atoms with van der Waals surface area (Å²) in [5.74, 6) is 0.749. The molecule has 1 amide bonds. The average Bonchev–Trinajstić information content (AvgIpc) is 3.09. The Morgan fingerprint density at radius 1 is 1.43 bits per heavy atom. The molecule has 2 aliphatic rings. The number of aromatic nitrogens is 1. The molecule has 2 saturated heterocycles. The highest BCUT2D eigenvalue weighted by Gasteiger charge is 2.33. The van der Waals surface area contributed by atoms with Crippen molar-refractivity contribution in [2.24, 2.45) is 0 Å². The van der Waals surface area contributed by atoms with Crippen LogP contribution in [0.5, 0.6) is 0 Å². The fourth-order valence-corrected chi connectivity index (χ4v) is 5.13. The third-order valence-corrected chi connectivity index (χ3v) is 6.48. The molecule has 122 valence electrons. The molecule has 2 fully saturated rings. The number of carboxylic acid groups (broad SMARTS) is 1. The minimum atomic E-state index is -1.08. The monoisotopic (exact) mass is 387 g/mol. The first-order valence-corrected chi connectivity index (χ1v) is 10.1. The van der Waals surface area contributed by atoms with Crippen LogP contribution in [0.25, 0.3) is 6.08 Å². The highest BCUT2D eigenvalue weighted by Crippen LogP contribution is 2.33.